The summed E-state index contributed by atoms with van der Waals surface area (Å²) in [5.41, 5.74) is 0. The van der Waals surface area contributed by atoms with Crippen molar-refractivity contribution < 1.29 is 19.0 Å². The van der Waals surface area contributed by atoms with Gasteiger partial charge in [0.25, 0.3) is 8.32 Å². The van der Waals surface area contributed by atoms with Crippen molar-refractivity contribution in [1.82, 2.24) is 0 Å². The van der Waals surface area contributed by atoms with Crippen molar-refractivity contribution in [2.24, 2.45) is 0 Å². The monoisotopic (exact) mass is 454 g/mol. The minimum absolute atomic E-state index is 0.0933. The molecule has 174 valence electrons. The lowest BCUT2D eigenvalue weighted by Crippen LogP contribution is -2.67. The van der Waals surface area contributed by atoms with Gasteiger partial charge in [-0.25, -0.2) is 0 Å². The lowest BCUT2D eigenvalue weighted by molar-refractivity contribution is -0.147. The highest BCUT2D eigenvalue weighted by atomic mass is 28.4. The number of ether oxygens (including phenoxy) is 2. The Morgan fingerprint density at radius 3 is 2.12 bits per heavy atom. The molecular weight excluding hydrogens is 416 g/mol. The number of aliphatic hydroxyl groups is 1. The van der Waals surface area contributed by atoms with E-state index in [1.54, 1.807) is 13.0 Å². The molecule has 4 atom stereocenters. The van der Waals surface area contributed by atoms with Crippen LogP contribution in [0.3, 0.4) is 0 Å². The molecule has 0 spiro atoms. The first-order valence-electron chi connectivity index (χ1n) is 11.6. The van der Waals surface area contributed by atoms with Crippen LogP contribution in [-0.2, 0) is 13.9 Å². The van der Waals surface area contributed by atoms with Crippen molar-refractivity contribution in [2.45, 2.75) is 70.0 Å². The number of hydrogen-bond donors (Lipinski definition) is 1. The summed E-state index contributed by atoms with van der Waals surface area (Å²) in [4.78, 5) is 0. The highest BCUT2D eigenvalue weighted by Crippen LogP contribution is 2.37. The Hall–Kier alpha value is -1.76. The van der Waals surface area contributed by atoms with E-state index < -0.39 is 20.5 Å². The molecule has 0 aliphatic carbocycles. The molecule has 1 saturated heterocycles. The van der Waals surface area contributed by atoms with Gasteiger partial charge < -0.3 is 19.0 Å². The molecule has 5 heteroatoms. The summed E-state index contributed by atoms with van der Waals surface area (Å²) in [6.45, 7) is 13.5. The summed E-state index contributed by atoms with van der Waals surface area (Å²) in [6, 6.07) is 21.3. The minimum Gasteiger partial charge on any atom is -0.405 e. The predicted octanol–water partition coefficient (Wildman–Crippen LogP) is 4.06. The Bertz CT molecular complexity index is 792. The lowest BCUT2D eigenvalue weighted by atomic mass is 10.1. The number of rotatable bonds is 9. The van der Waals surface area contributed by atoms with Crippen molar-refractivity contribution in [2.75, 3.05) is 13.2 Å². The van der Waals surface area contributed by atoms with Crippen molar-refractivity contribution in [3.05, 3.63) is 73.3 Å². The fraction of sp³-hybridized carbons (Fsp3) is 0.481. The van der Waals surface area contributed by atoms with E-state index in [4.69, 9.17) is 13.9 Å². The number of aliphatic hydroxyl groups excluding tert-OH is 1. The first kappa shape index (κ1) is 24.9. The molecule has 2 aromatic rings. The van der Waals surface area contributed by atoms with Crippen LogP contribution in [0.15, 0.2) is 73.3 Å². The molecule has 0 unspecified atom stereocenters. The summed E-state index contributed by atoms with van der Waals surface area (Å²) in [5.74, 6) is 0. The molecule has 1 aliphatic heterocycles. The average molecular weight is 455 g/mol. The van der Waals surface area contributed by atoms with Gasteiger partial charge in [-0.15, -0.1) is 6.58 Å². The van der Waals surface area contributed by atoms with Gasteiger partial charge in [-0.2, -0.15) is 0 Å². The Kier molecular flexibility index (Phi) is 8.47. The zero-order valence-electron chi connectivity index (χ0n) is 19.9. The van der Waals surface area contributed by atoms with Crippen LogP contribution < -0.4 is 10.4 Å². The molecule has 1 heterocycles. The van der Waals surface area contributed by atoms with E-state index in [0.717, 1.165) is 12.8 Å². The average Bonchev–Trinajstić information content (AvgIpc) is 2.79. The van der Waals surface area contributed by atoms with Crippen LogP contribution in [0, 0.1) is 0 Å². The predicted molar refractivity (Wildman–Crippen MR) is 133 cm³/mol. The molecule has 1 aliphatic rings. The standard InChI is InChI=1S/C27H38O4Si/c1-6-24(21(2)28)31-25-18-13-19-29-26(25)20-30-32(27(3,4)5,22-14-9-7-10-15-22)23-16-11-8-12-17-23/h6-12,14-17,21,24-26,28H,1,13,18-20H2,2-5H3/t21-,24-,25-,26+/m0/s1. The van der Waals surface area contributed by atoms with Gasteiger partial charge in [0.15, 0.2) is 0 Å². The number of benzene rings is 2. The Labute approximate surface area is 194 Å². The van der Waals surface area contributed by atoms with Crippen molar-refractivity contribution in [1.29, 1.82) is 0 Å². The van der Waals surface area contributed by atoms with Gasteiger partial charge in [-0.1, -0.05) is 87.5 Å². The fourth-order valence-electron chi connectivity index (χ4n) is 4.66. The molecule has 2 aromatic carbocycles. The summed E-state index contributed by atoms with van der Waals surface area (Å²) in [6.07, 6.45) is 2.12. The Morgan fingerprint density at radius 2 is 1.66 bits per heavy atom. The van der Waals surface area contributed by atoms with Gasteiger partial charge in [-0.05, 0) is 35.2 Å². The van der Waals surface area contributed by atoms with E-state index in [1.165, 1.54) is 10.4 Å². The molecule has 4 nitrogen and oxygen atoms in total. The van der Waals surface area contributed by atoms with E-state index in [2.05, 4.69) is 88.0 Å². The molecule has 0 radical (unpaired) electrons. The summed E-state index contributed by atoms with van der Waals surface area (Å²) in [5, 5.41) is 12.4. The van der Waals surface area contributed by atoms with Crippen LogP contribution in [0.5, 0.6) is 0 Å². The van der Waals surface area contributed by atoms with Gasteiger partial charge in [0.05, 0.1) is 18.8 Å². The quantitative estimate of drug-likeness (QED) is 0.458. The van der Waals surface area contributed by atoms with E-state index in [1.807, 2.05) is 0 Å². The highest BCUT2D eigenvalue weighted by molar-refractivity contribution is 6.99. The SMILES string of the molecule is C=C[C@H](O[C@H]1CCCO[C@@H]1CO[Si](c1ccccc1)(c1ccccc1)C(C)(C)C)[C@H](C)O. The molecule has 0 aromatic heterocycles. The van der Waals surface area contributed by atoms with Gasteiger partial charge in [0.2, 0.25) is 0 Å². The second-order valence-corrected chi connectivity index (χ2v) is 13.9. The third kappa shape index (κ3) is 5.41. The van der Waals surface area contributed by atoms with E-state index in [9.17, 15) is 5.11 Å². The van der Waals surface area contributed by atoms with Crippen molar-refractivity contribution in [3.8, 4) is 0 Å². The lowest BCUT2D eigenvalue weighted by Gasteiger charge is -2.44. The van der Waals surface area contributed by atoms with Gasteiger partial charge in [0.1, 0.15) is 12.2 Å². The fourth-order valence-corrected chi connectivity index (χ4v) is 9.23. The highest BCUT2D eigenvalue weighted by Gasteiger charge is 2.50. The van der Waals surface area contributed by atoms with E-state index in [-0.39, 0.29) is 17.2 Å². The van der Waals surface area contributed by atoms with Crippen molar-refractivity contribution in [3.63, 3.8) is 0 Å². The first-order valence-corrected chi connectivity index (χ1v) is 13.5. The molecule has 0 saturated carbocycles. The van der Waals surface area contributed by atoms with Crippen LogP contribution in [-0.4, -0.2) is 51.1 Å². The van der Waals surface area contributed by atoms with Crippen LogP contribution in [0.1, 0.15) is 40.5 Å². The van der Waals surface area contributed by atoms with Crippen LogP contribution in [0.4, 0.5) is 0 Å². The third-order valence-electron chi connectivity index (χ3n) is 6.30. The summed E-state index contributed by atoms with van der Waals surface area (Å²) >= 11 is 0. The second kappa shape index (κ2) is 10.9. The molecule has 0 amide bonds. The number of hydrogen-bond acceptors (Lipinski definition) is 4. The maximum Gasteiger partial charge on any atom is 0.261 e. The maximum atomic E-state index is 10.0. The largest absolute Gasteiger partial charge is 0.405 e. The second-order valence-electron chi connectivity index (χ2n) is 9.64. The van der Waals surface area contributed by atoms with Gasteiger partial charge in [-0.3, -0.25) is 0 Å². The molecular formula is C27H38O4Si. The zero-order valence-corrected chi connectivity index (χ0v) is 20.9. The first-order chi connectivity index (χ1) is 15.3. The zero-order chi connectivity index (χ0) is 23.2. The Balaban J connectivity index is 1.94. The molecule has 32 heavy (non-hydrogen) atoms. The van der Waals surface area contributed by atoms with Gasteiger partial charge in [0, 0.05) is 6.61 Å². The molecule has 0 bridgehead atoms. The van der Waals surface area contributed by atoms with Gasteiger partial charge >= 0.3 is 0 Å². The smallest absolute Gasteiger partial charge is 0.261 e. The minimum atomic E-state index is -2.64. The van der Waals surface area contributed by atoms with E-state index in [0.29, 0.717) is 13.2 Å². The molecule has 1 fully saturated rings. The summed E-state index contributed by atoms with van der Waals surface area (Å²) in [7, 11) is -2.64. The molecule has 3 rings (SSSR count). The van der Waals surface area contributed by atoms with Crippen molar-refractivity contribution >= 4 is 18.7 Å². The van der Waals surface area contributed by atoms with Crippen LogP contribution >= 0.6 is 0 Å². The van der Waals surface area contributed by atoms with Crippen LogP contribution in [0.25, 0.3) is 0 Å². The topological polar surface area (TPSA) is 47.9 Å². The third-order valence-corrected chi connectivity index (χ3v) is 11.3. The van der Waals surface area contributed by atoms with E-state index >= 15 is 0 Å². The normalized spacial score (nSPS) is 21.7. The molecule has 1 N–H and O–H groups in total. The Morgan fingerprint density at radius 1 is 1.09 bits per heavy atom. The van der Waals surface area contributed by atoms with Crippen LogP contribution in [0.2, 0.25) is 5.04 Å². The summed E-state index contributed by atoms with van der Waals surface area (Å²) < 4.78 is 19.4. The maximum absolute atomic E-state index is 10.0.